The van der Waals surface area contributed by atoms with E-state index < -0.39 is 148 Å². The fourth-order valence-electron chi connectivity index (χ4n) is 4.78. The molecule has 0 atom stereocenters. The number of halogens is 18. The summed E-state index contributed by atoms with van der Waals surface area (Å²) in [4.78, 5) is -2.19. The molecule has 0 spiro atoms. The molecule has 0 saturated carbocycles. The average Bonchev–Trinajstić information content (AvgIpc) is 3.62. The van der Waals surface area contributed by atoms with Crippen molar-refractivity contribution < 1.29 is 79.0 Å². The first-order chi connectivity index (χ1) is 24.9. The Morgan fingerprint density at radius 3 is 0.566 bits per heavy atom. The number of thiophene rings is 1. The van der Waals surface area contributed by atoms with Crippen LogP contribution < -0.4 is 0 Å². The molecule has 0 nitrogen and oxygen atoms in total. The Bertz CT molecular complexity index is 2140. The van der Waals surface area contributed by atoms with E-state index in [-0.39, 0.29) is 11.3 Å². The Kier molecular flexibility index (Phi) is 10.6. The van der Waals surface area contributed by atoms with Crippen LogP contribution in [-0.2, 0) is 0 Å². The van der Waals surface area contributed by atoms with Gasteiger partial charge >= 0.3 is 0 Å². The number of hydrogen-bond donors (Lipinski definition) is 0. The van der Waals surface area contributed by atoms with E-state index in [1.807, 2.05) is 36.4 Å². The standard InChI is InChI=1S/C28H2F18S.C6H6/c29-11-5(12(30)16(34)7(15(11)33)9-19(37)23(41)27(45)24(42)20(9)38)3-1-2-4(47-3)6-13(31)17(35)8(18(36)14(6)32)10-21(39)25(43)28(46)26(44)22(10)40;1-2-4-6-5-3-1/h1-2H;1-6H. The predicted octanol–water partition coefficient (Wildman–Crippen LogP) is 12.6. The third kappa shape index (κ3) is 6.25. The van der Waals surface area contributed by atoms with Crippen molar-refractivity contribution >= 4 is 11.3 Å². The third-order valence-corrected chi connectivity index (χ3v) is 8.33. The second-order valence-corrected chi connectivity index (χ2v) is 11.3. The molecule has 6 aromatic rings. The van der Waals surface area contributed by atoms with Crippen LogP contribution >= 0.6 is 11.3 Å². The van der Waals surface area contributed by atoms with Gasteiger partial charge in [0, 0.05) is 9.75 Å². The van der Waals surface area contributed by atoms with E-state index in [0.717, 1.165) is 0 Å². The van der Waals surface area contributed by atoms with Gasteiger partial charge in [-0.15, -0.1) is 11.3 Å². The van der Waals surface area contributed by atoms with Crippen LogP contribution in [0.15, 0.2) is 48.5 Å². The molecule has 0 aliphatic heterocycles. The van der Waals surface area contributed by atoms with Gasteiger partial charge in [0.25, 0.3) is 0 Å². The maximum Gasteiger partial charge on any atom is 0.200 e. The molecule has 53 heavy (non-hydrogen) atoms. The Balaban J connectivity index is 0.000000820. The molecule has 1 aromatic heterocycles. The van der Waals surface area contributed by atoms with E-state index in [0.29, 0.717) is 12.1 Å². The zero-order valence-corrected chi connectivity index (χ0v) is 25.6. The number of benzene rings is 5. The molecule has 0 N–H and O–H groups in total. The molecule has 6 rings (SSSR count). The Labute approximate surface area is 286 Å². The summed E-state index contributed by atoms with van der Waals surface area (Å²) in [6.07, 6.45) is 0. The molecule has 0 bridgehead atoms. The van der Waals surface area contributed by atoms with Crippen LogP contribution in [0.1, 0.15) is 0 Å². The Hall–Kier alpha value is -5.46. The zero-order valence-electron chi connectivity index (χ0n) is 24.8. The summed E-state index contributed by atoms with van der Waals surface area (Å²) in [5, 5.41) is 0. The molecule has 1 heterocycles. The lowest BCUT2D eigenvalue weighted by Crippen LogP contribution is -2.09. The van der Waals surface area contributed by atoms with Gasteiger partial charge in [-0.25, -0.2) is 79.0 Å². The van der Waals surface area contributed by atoms with E-state index in [1.165, 1.54) is 0 Å². The van der Waals surface area contributed by atoms with Gasteiger partial charge in [0.15, 0.2) is 93.1 Å². The second-order valence-electron chi connectivity index (χ2n) is 10.2. The summed E-state index contributed by atoms with van der Waals surface area (Å²) in [5.41, 5.74) is -13.3. The van der Waals surface area contributed by atoms with Gasteiger partial charge in [0.05, 0.1) is 33.4 Å². The fraction of sp³-hybridized carbons (Fsp3) is 0. The maximum atomic E-state index is 15.0. The van der Waals surface area contributed by atoms with Crippen molar-refractivity contribution in [2.24, 2.45) is 0 Å². The first-order valence-corrected chi connectivity index (χ1v) is 14.5. The second kappa shape index (κ2) is 14.5. The molecule has 0 aliphatic carbocycles. The van der Waals surface area contributed by atoms with Crippen molar-refractivity contribution in [2.45, 2.75) is 0 Å². The van der Waals surface area contributed by atoms with Crippen molar-refractivity contribution in [2.75, 3.05) is 0 Å². The van der Waals surface area contributed by atoms with Crippen molar-refractivity contribution in [3.63, 3.8) is 0 Å². The summed E-state index contributed by atoms with van der Waals surface area (Å²) in [7, 11) is 0. The van der Waals surface area contributed by atoms with Crippen molar-refractivity contribution in [1.82, 2.24) is 0 Å². The Morgan fingerprint density at radius 1 is 0.208 bits per heavy atom. The van der Waals surface area contributed by atoms with Crippen LogP contribution in [0.5, 0.6) is 0 Å². The number of rotatable bonds is 4. The lowest BCUT2D eigenvalue weighted by molar-refractivity contribution is 0.379. The molecule has 0 radical (unpaired) electrons. The van der Waals surface area contributed by atoms with Gasteiger partial charge in [0.1, 0.15) is 0 Å². The van der Waals surface area contributed by atoms with Gasteiger partial charge in [-0.05, 0) is 12.1 Å². The third-order valence-electron chi connectivity index (χ3n) is 7.21. The average molecular weight is 790 g/mol. The molecular weight excluding hydrogens is 782 g/mol. The first-order valence-electron chi connectivity index (χ1n) is 13.7. The van der Waals surface area contributed by atoms with Crippen LogP contribution in [-0.4, -0.2) is 0 Å². The van der Waals surface area contributed by atoms with Gasteiger partial charge in [0.2, 0.25) is 11.6 Å². The minimum Gasteiger partial charge on any atom is -0.203 e. The summed E-state index contributed by atoms with van der Waals surface area (Å²) < 4.78 is 258. The van der Waals surface area contributed by atoms with E-state index in [4.69, 9.17) is 0 Å². The van der Waals surface area contributed by atoms with Crippen molar-refractivity contribution in [3.05, 3.63) is 153 Å². The van der Waals surface area contributed by atoms with Gasteiger partial charge < -0.3 is 0 Å². The van der Waals surface area contributed by atoms with Crippen LogP contribution in [0.4, 0.5) is 79.0 Å². The number of hydrogen-bond acceptors (Lipinski definition) is 1. The SMILES string of the molecule is Fc1c(F)c(F)c(-c2c(F)c(F)c(-c3ccc(-c4c(F)c(F)c(-c5c(F)c(F)c(F)c(F)c5F)c(F)c4F)s3)c(F)c2F)c(F)c1F.c1ccccc1. The van der Waals surface area contributed by atoms with Crippen LogP contribution in [0.25, 0.3) is 43.1 Å². The molecule has 5 aromatic carbocycles. The van der Waals surface area contributed by atoms with E-state index in [9.17, 15) is 61.5 Å². The van der Waals surface area contributed by atoms with Crippen LogP contribution in [0.3, 0.4) is 0 Å². The Morgan fingerprint density at radius 2 is 0.358 bits per heavy atom. The van der Waals surface area contributed by atoms with Crippen molar-refractivity contribution in [3.8, 4) is 43.1 Å². The summed E-state index contributed by atoms with van der Waals surface area (Å²) in [5.74, 6) is -49.4. The molecule has 0 amide bonds. The molecule has 0 saturated heterocycles. The molecule has 276 valence electrons. The molecule has 0 unspecified atom stereocenters. The summed E-state index contributed by atoms with van der Waals surface area (Å²) >= 11 is -0.302. The molecule has 19 heteroatoms. The van der Waals surface area contributed by atoms with E-state index in [2.05, 4.69) is 0 Å². The van der Waals surface area contributed by atoms with E-state index >= 15 is 17.6 Å². The largest absolute Gasteiger partial charge is 0.203 e. The summed E-state index contributed by atoms with van der Waals surface area (Å²) in [6, 6.07) is 12.8. The zero-order chi connectivity index (χ0) is 39.4. The first kappa shape index (κ1) is 38.8. The maximum absolute atomic E-state index is 15.0. The monoisotopic (exact) mass is 790 g/mol. The highest BCUT2D eigenvalue weighted by molar-refractivity contribution is 7.18. The fourth-order valence-corrected chi connectivity index (χ4v) is 5.85. The summed E-state index contributed by atoms with van der Waals surface area (Å²) in [6.45, 7) is 0. The van der Waals surface area contributed by atoms with Gasteiger partial charge in [-0.1, -0.05) is 36.4 Å². The minimum atomic E-state index is -2.83. The lowest BCUT2D eigenvalue weighted by Gasteiger charge is -2.14. The highest BCUT2D eigenvalue weighted by Crippen LogP contribution is 2.46. The predicted molar refractivity (Wildman–Crippen MR) is 152 cm³/mol. The highest BCUT2D eigenvalue weighted by atomic mass is 32.1. The van der Waals surface area contributed by atoms with Gasteiger partial charge in [-0.2, -0.15) is 0 Å². The lowest BCUT2D eigenvalue weighted by atomic mass is 9.98. The minimum absolute atomic E-state index is 0.302. The van der Waals surface area contributed by atoms with Crippen molar-refractivity contribution in [1.29, 1.82) is 0 Å². The van der Waals surface area contributed by atoms with Crippen LogP contribution in [0, 0.1) is 105 Å². The highest BCUT2D eigenvalue weighted by Gasteiger charge is 2.37. The molecular formula is C34H8F18S. The molecule has 0 fully saturated rings. The molecule has 0 aliphatic rings. The topological polar surface area (TPSA) is 0 Å². The van der Waals surface area contributed by atoms with Gasteiger partial charge in [-0.3, -0.25) is 0 Å². The smallest absolute Gasteiger partial charge is 0.200 e. The van der Waals surface area contributed by atoms with E-state index in [1.54, 1.807) is 0 Å². The van der Waals surface area contributed by atoms with Crippen LogP contribution in [0.2, 0.25) is 0 Å². The normalized spacial score (nSPS) is 11.2. The quantitative estimate of drug-likeness (QED) is 0.0948.